The molecular formula is C20H22ClNO3S. The molecule has 2 aromatic carbocycles. The molecule has 1 aliphatic rings. The van der Waals surface area contributed by atoms with Gasteiger partial charge in [0.2, 0.25) is 5.91 Å². The molecule has 0 bridgehead atoms. The second kappa shape index (κ2) is 8.69. The number of rotatable bonds is 6. The van der Waals surface area contributed by atoms with Gasteiger partial charge in [-0.3, -0.25) is 4.79 Å². The van der Waals surface area contributed by atoms with Gasteiger partial charge in [-0.15, -0.1) is 11.8 Å². The fourth-order valence-electron chi connectivity index (χ4n) is 3.04. The highest BCUT2D eigenvalue weighted by atomic mass is 35.5. The highest BCUT2D eigenvalue weighted by Crippen LogP contribution is 2.33. The van der Waals surface area contributed by atoms with Gasteiger partial charge in [-0.05, 0) is 53.9 Å². The smallest absolute Gasteiger partial charge is 0.223 e. The Labute approximate surface area is 163 Å². The summed E-state index contributed by atoms with van der Waals surface area (Å²) in [6.07, 6.45) is 1.36. The Hall–Kier alpha value is -1.85. The highest BCUT2D eigenvalue weighted by Gasteiger charge is 2.22. The van der Waals surface area contributed by atoms with Crippen molar-refractivity contribution >= 4 is 29.3 Å². The molecule has 0 saturated heterocycles. The van der Waals surface area contributed by atoms with Gasteiger partial charge >= 0.3 is 0 Å². The summed E-state index contributed by atoms with van der Waals surface area (Å²) in [7, 11) is 3.27. The number of carbonyl (C=O) groups is 1. The van der Waals surface area contributed by atoms with Crippen molar-refractivity contribution in [2.75, 3.05) is 26.5 Å². The third kappa shape index (κ3) is 4.46. The highest BCUT2D eigenvalue weighted by molar-refractivity contribution is 7.99. The van der Waals surface area contributed by atoms with E-state index in [-0.39, 0.29) is 5.91 Å². The number of ether oxygens (including phenoxy) is 2. The minimum Gasteiger partial charge on any atom is -0.493 e. The summed E-state index contributed by atoms with van der Waals surface area (Å²) in [6, 6.07) is 11.7. The Morgan fingerprint density at radius 3 is 2.42 bits per heavy atom. The van der Waals surface area contributed by atoms with E-state index in [1.807, 2.05) is 41.3 Å². The Bertz CT molecular complexity index is 779. The second-order valence-corrected chi connectivity index (χ2v) is 7.70. The molecule has 0 N–H and O–H groups in total. The van der Waals surface area contributed by atoms with Crippen molar-refractivity contribution in [2.24, 2.45) is 0 Å². The van der Waals surface area contributed by atoms with E-state index in [1.54, 1.807) is 26.0 Å². The lowest BCUT2D eigenvalue weighted by Crippen LogP contribution is -2.36. The van der Waals surface area contributed by atoms with Crippen LogP contribution in [0, 0.1) is 0 Å². The molecule has 138 valence electrons. The maximum absolute atomic E-state index is 12.6. The number of hydrogen-bond donors (Lipinski definition) is 0. The first-order valence-corrected chi connectivity index (χ1v) is 9.87. The molecule has 4 nitrogen and oxygen atoms in total. The van der Waals surface area contributed by atoms with E-state index in [0.717, 1.165) is 39.9 Å². The molecule has 0 saturated carbocycles. The summed E-state index contributed by atoms with van der Waals surface area (Å²) in [6.45, 7) is 1.37. The van der Waals surface area contributed by atoms with Crippen molar-refractivity contribution in [1.29, 1.82) is 0 Å². The van der Waals surface area contributed by atoms with Gasteiger partial charge in [0.1, 0.15) is 0 Å². The zero-order valence-corrected chi connectivity index (χ0v) is 16.5. The van der Waals surface area contributed by atoms with Crippen LogP contribution in [0.1, 0.15) is 17.5 Å². The fraction of sp³-hybridized carbons (Fsp3) is 0.350. The van der Waals surface area contributed by atoms with Crippen molar-refractivity contribution in [3.05, 3.63) is 52.5 Å². The Morgan fingerprint density at radius 2 is 1.77 bits per heavy atom. The van der Waals surface area contributed by atoms with Crippen molar-refractivity contribution in [3.63, 3.8) is 0 Å². The van der Waals surface area contributed by atoms with E-state index >= 15 is 0 Å². The lowest BCUT2D eigenvalue weighted by atomic mass is 9.98. The summed E-state index contributed by atoms with van der Waals surface area (Å²) in [5.74, 6) is 2.39. The van der Waals surface area contributed by atoms with Crippen molar-refractivity contribution in [1.82, 2.24) is 4.90 Å². The number of amides is 1. The van der Waals surface area contributed by atoms with Crippen LogP contribution >= 0.6 is 23.4 Å². The first-order chi connectivity index (χ1) is 12.6. The molecule has 2 aromatic rings. The predicted octanol–water partition coefficient (Wildman–Crippen LogP) is 4.42. The topological polar surface area (TPSA) is 38.8 Å². The molecule has 0 atom stereocenters. The fourth-order valence-corrected chi connectivity index (χ4v) is 4.01. The molecule has 6 heteroatoms. The van der Waals surface area contributed by atoms with Gasteiger partial charge in [-0.25, -0.2) is 0 Å². The molecule has 0 spiro atoms. The number of nitrogens with zero attached hydrogens (tertiary/aromatic N) is 1. The number of thioether (sulfide) groups is 1. The number of methoxy groups -OCH3 is 2. The van der Waals surface area contributed by atoms with Gasteiger partial charge in [0.25, 0.3) is 0 Å². The summed E-state index contributed by atoms with van der Waals surface area (Å²) >= 11 is 7.57. The van der Waals surface area contributed by atoms with Crippen LogP contribution in [0.3, 0.4) is 0 Å². The van der Waals surface area contributed by atoms with Crippen molar-refractivity contribution in [3.8, 4) is 11.5 Å². The molecule has 0 radical (unpaired) electrons. The second-order valence-electron chi connectivity index (χ2n) is 6.09. The van der Waals surface area contributed by atoms with Crippen LogP contribution in [0.4, 0.5) is 0 Å². The Morgan fingerprint density at radius 1 is 1.12 bits per heavy atom. The quantitative estimate of drug-likeness (QED) is 0.683. The zero-order valence-electron chi connectivity index (χ0n) is 15.0. The van der Waals surface area contributed by atoms with Crippen molar-refractivity contribution in [2.45, 2.75) is 24.3 Å². The zero-order chi connectivity index (χ0) is 18.5. The third-order valence-corrected chi connectivity index (χ3v) is 5.73. The lowest BCUT2D eigenvalue weighted by molar-refractivity contribution is -0.131. The SMILES string of the molecule is COc1cc2c(cc1OC)CN(C(=O)CCSc1ccc(Cl)cc1)CC2. The molecule has 0 unspecified atom stereocenters. The molecule has 0 fully saturated rings. The van der Waals surface area contributed by atoms with E-state index in [2.05, 4.69) is 0 Å². The molecule has 0 aliphatic carbocycles. The molecule has 1 heterocycles. The number of hydrogen-bond acceptors (Lipinski definition) is 4. The van der Waals surface area contributed by atoms with E-state index in [1.165, 1.54) is 5.56 Å². The summed E-state index contributed by atoms with van der Waals surface area (Å²) in [4.78, 5) is 15.6. The first kappa shape index (κ1) is 18.9. The van der Waals surface area contributed by atoms with E-state index in [4.69, 9.17) is 21.1 Å². The van der Waals surface area contributed by atoms with Crippen LogP contribution in [-0.4, -0.2) is 37.3 Å². The van der Waals surface area contributed by atoms with Crippen LogP contribution in [0.5, 0.6) is 11.5 Å². The van der Waals surface area contributed by atoms with Gasteiger partial charge in [-0.1, -0.05) is 11.6 Å². The molecular weight excluding hydrogens is 370 g/mol. The maximum Gasteiger partial charge on any atom is 0.223 e. The van der Waals surface area contributed by atoms with E-state index in [9.17, 15) is 4.79 Å². The largest absolute Gasteiger partial charge is 0.493 e. The lowest BCUT2D eigenvalue weighted by Gasteiger charge is -2.29. The summed E-state index contributed by atoms with van der Waals surface area (Å²) < 4.78 is 10.7. The standard InChI is InChI=1S/C20H22ClNO3S/c1-24-18-11-14-7-9-22(13-15(14)12-19(18)25-2)20(23)8-10-26-17-5-3-16(21)4-6-17/h3-6,11-12H,7-10,13H2,1-2H3. The first-order valence-electron chi connectivity index (χ1n) is 8.50. The molecule has 1 aliphatic heterocycles. The van der Waals surface area contributed by atoms with Gasteiger partial charge < -0.3 is 14.4 Å². The Kier molecular flexibility index (Phi) is 6.33. The Balaban J connectivity index is 1.57. The summed E-state index contributed by atoms with van der Waals surface area (Å²) in [5.41, 5.74) is 2.36. The predicted molar refractivity (Wildman–Crippen MR) is 105 cm³/mol. The minimum absolute atomic E-state index is 0.187. The van der Waals surface area contributed by atoms with Gasteiger partial charge in [-0.2, -0.15) is 0 Å². The summed E-state index contributed by atoms with van der Waals surface area (Å²) in [5, 5.41) is 0.726. The molecule has 0 aromatic heterocycles. The van der Waals surface area contributed by atoms with E-state index < -0.39 is 0 Å². The number of benzene rings is 2. The molecule has 1 amide bonds. The number of fused-ring (bicyclic) bond motifs is 1. The van der Waals surface area contributed by atoms with Crippen LogP contribution in [-0.2, 0) is 17.8 Å². The maximum atomic E-state index is 12.6. The van der Waals surface area contributed by atoms with Crippen molar-refractivity contribution < 1.29 is 14.3 Å². The average molecular weight is 392 g/mol. The molecule has 3 rings (SSSR count). The van der Waals surface area contributed by atoms with Gasteiger partial charge in [0.15, 0.2) is 11.5 Å². The van der Waals surface area contributed by atoms with Crippen LogP contribution < -0.4 is 9.47 Å². The minimum atomic E-state index is 0.187. The number of halogens is 1. The number of carbonyl (C=O) groups excluding carboxylic acids is 1. The van der Waals surface area contributed by atoms with E-state index in [0.29, 0.717) is 18.7 Å². The monoisotopic (exact) mass is 391 g/mol. The average Bonchev–Trinajstić information content (AvgIpc) is 2.67. The van der Waals surface area contributed by atoms with Gasteiger partial charge in [0.05, 0.1) is 14.2 Å². The van der Waals surface area contributed by atoms with Crippen LogP contribution in [0.15, 0.2) is 41.3 Å². The van der Waals surface area contributed by atoms with Crippen LogP contribution in [0.2, 0.25) is 5.02 Å². The molecule has 26 heavy (non-hydrogen) atoms. The normalized spacial score (nSPS) is 13.3. The third-order valence-electron chi connectivity index (χ3n) is 4.47. The van der Waals surface area contributed by atoms with Crippen LogP contribution in [0.25, 0.3) is 0 Å². The van der Waals surface area contributed by atoms with Gasteiger partial charge in [0, 0.05) is 35.2 Å².